The highest BCUT2D eigenvalue weighted by molar-refractivity contribution is 5.29. The van der Waals surface area contributed by atoms with E-state index in [4.69, 9.17) is 5.73 Å². The van der Waals surface area contributed by atoms with Gasteiger partial charge in [-0.25, -0.2) is 9.97 Å². The van der Waals surface area contributed by atoms with E-state index in [1.165, 1.54) is 0 Å². The molecule has 5 nitrogen and oxygen atoms in total. The van der Waals surface area contributed by atoms with Crippen LogP contribution in [-0.2, 0) is 6.54 Å². The first-order valence-corrected chi connectivity index (χ1v) is 4.73. The monoisotopic (exact) mass is 203 g/mol. The largest absolute Gasteiger partial charge is 0.384 e. The predicted octanol–water partition coefficient (Wildman–Crippen LogP) is 0.920. The topological polar surface area (TPSA) is 69.6 Å². The second kappa shape index (κ2) is 3.68. The second-order valence-corrected chi connectivity index (χ2v) is 3.51. The van der Waals surface area contributed by atoms with Gasteiger partial charge < -0.3 is 5.73 Å². The minimum atomic E-state index is 0.501. The third kappa shape index (κ3) is 2.31. The minimum absolute atomic E-state index is 0.501. The Balaban J connectivity index is 2.24. The van der Waals surface area contributed by atoms with Crippen molar-refractivity contribution in [3.63, 3.8) is 0 Å². The predicted molar refractivity (Wildman–Crippen MR) is 57.2 cm³/mol. The SMILES string of the molecule is Cc1cc(N)nc(Cn2ccc(C)n2)n1. The number of nitrogens with two attached hydrogens (primary N) is 1. The molecule has 0 unspecified atom stereocenters. The highest BCUT2D eigenvalue weighted by Gasteiger charge is 2.01. The average Bonchev–Trinajstić information content (AvgIpc) is 2.49. The molecule has 15 heavy (non-hydrogen) atoms. The Morgan fingerprint density at radius 2 is 2.07 bits per heavy atom. The Hall–Kier alpha value is -1.91. The van der Waals surface area contributed by atoms with Gasteiger partial charge in [0, 0.05) is 18.0 Å². The summed E-state index contributed by atoms with van der Waals surface area (Å²) in [7, 11) is 0. The van der Waals surface area contributed by atoms with Gasteiger partial charge in [-0.05, 0) is 19.9 Å². The van der Waals surface area contributed by atoms with Crippen molar-refractivity contribution in [2.75, 3.05) is 5.73 Å². The number of anilines is 1. The molecule has 2 N–H and O–H groups in total. The van der Waals surface area contributed by atoms with E-state index in [1.54, 1.807) is 10.7 Å². The molecule has 0 amide bonds. The van der Waals surface area contributed by atoms with Gasteiger partial charge >= 0.3 is 0 Å². The lowest BCUT2D eigenvalue weighted by Gasteiger charge is -2.02. The Morgan fingerprint density at radius 1 is 1.27 bits per heavy atom. The van der Waals surface area contributed by atoms with E-state index in [9.17, 15) is 0 Å². The van der Waals surface area contributed by atoms with Crippen molar-refractivity contribution in [3.8, 4) is 0 Å². The normalized spacial score (nSPS) is 10.5. The highest BCUT2D eigenvalue weighted by Crippen LogP contribution is 2.03. The van der Waals surface area contributed by atoms with E-state index < -0.39 is 0 Å². The molecular weight excluding hydrogens is 190 g/mol. The number of rotatable bonds is 2. The first-order chi connectivity index (χ1) is 7.13. The second-order valence-electron chi connectivity index (χ2n) is 3.51. The summed E-state index contributed by atoms with van der Waals surface area (Å²) >= 11 is 0. The van der Waals surface area contributed by atoms with Gasteiger partial charge in [-0.2, -0.15) is 5.10 Å². The number of aromatic nitrogens is 4. The van der Waals surface area contributed by atoms with Crippen LogP contribution >= 0.6 is 0 Å². The van der Waals surface area contributed by atoms with Crippen LogP contribution in [0.3, 0.4) is 0 Å². The molecule has 2 heterocycles. The Bertz CT molecular complexity index is 454. The van der Waals surface area contributed by atoms with Crippen molar-refractivity contribution in [1.82, 2.24) is 19.7 Å². The third-order valence-corrected chi connectivity index (χ3v) is 2.00. The van der Waals surface area contributed by atoms with Crippen LogP contribution in [0.4, 0.5) is 5.82 Å². The fraction of sp³-hybridized carbons (Fsp3) is 0.300. The zero-order chi connectivity index (χ0) is 10.8. The number of nitrogens with zero attached hydrogens (tertiary/aromatic N) is 4. The van der Waals surface area contributed by atoms with Crippen LogP contribution in [0.1, 0.15) is 17.2 Å². The molecule has 0 atom stereocenters. The van der Waals surface area contributed by atoms with Crippen LogP contribution in [-0.4, -0.2) is 19.7 Å². The molecule has 0 aliphatic carbocycles. The fourth-order valence-electron chi connectivity index (χ4n) is 1.42. The van der Waals surface area contributed by atoms with E-state index in [0.29, 0.717) is 18.2 Å². The smallest absolute Gasteiger partial charge is 0.152 e. The number of hydrogen-bond acceptors (Lipinski definition) is 4. The number of aryl methyl sites for hydroxylation is 2. The molecule has 5 heteroatoms. The van der Waals surface area contributed by atoms with Crippen molar-refractivity contribution in [2.45, 2.75) is 20.4 Å². The van der Waals surface area contributed by atoms with Crippen molar-refractivity contribution in [1.29, 1.82) is 0 Å². The first-order valence-electron chi connectivity index (χ1n) is 4.73. The summed E-state index contributed by atoms with van der Waals surface area (Å²) in [6.45, 7) is 4.40. The van der Waals surface area contributed by atoms with Gasteiger partial charge in [0.25, 0.3) is 0 Å². The van der Waals surface area contributed by atoms with E-state index in [-0.39, 0.29) is 0 Å². The molecule has 2 aromatic heterocycles. The summed E-state index contributed by atoms with van der Waals surface area (Å²) in [4.78, 5) is 8.43. The minimum Gasteiger partial charge on any atom is -0.384 e. The molecule has 0 aliphatic heterocycles. The van der Waals surface area contributed by atoms with Crippen LogP contribution < -0.4 is 5.73 Å². The van der Waals surface area contributed by atoms with Crippen LogP contribution in [0.2, 0.25) is 0 Å². The Morgan fingerprint density at radius 3 is 2.67 bits per heavy atom. The van der Waals surface area contributed by atoms with Gasteiger partial charge in [0.05, 0.1) is 5.69 Å². The van der Waals surface area contributed by atoms with E-state index >= 15 is 0 Å². The maximum absolute atomic E-state index is 5.64. The maximum Gasteiger partial charge on any atom is 0.152 e. The molecule has 0 saturated carbocycles. The maximum atomic E-state index is 5.64. The molecule has 0 aliphatic rings. The van der Waals surface area contributed by atoms with Gasteiger partial charge in [0.2, 0.25) is 0 Å². The third-order valence-electron chi connectivity index (χ3n) is 2.00. The van der Waals surface area contributed by atoms with Gasteiger partial charge in [-0.15, -0.1) is 0 Å². The van der Waals surface area contributed by atoms with Crippen LogP contribution in [0.5, 0.6) is 0 Å². The lowest BCUT2D eigenvalue weighted by molar-refractivity contribution is 0.648. The van der Waals surface area contributed by atoms with Crippen LogP contribution in [0.15, 0.2) is 18.3 Å². The molecule has 0 saturated heterocycles. The zero-order valence-corrected chi connectivity index (χ0v) is 8.81. The van der Waals surface area contributed by atoms with E-state index in [2.05, 4.69) is 15.1 Å². The molecule has 0 spiro atoms. The molecule has 2 aromatic rings. The lowest BCUT2D eigenvalue weighted by Crippen LogP contribution is -2.07. The van der Waals surface area contributed by atoms with Crippen LogP contribution in [0, 0.1) is 13.8 Å². The summed E-state index contributed by atoms with van der Waals surface area (Å²) in [5, 5.41) is 4.26. The first kappa shape index (κ1) is 9.64. The summed E-state index contributed by atoms with van der Waals surface area (Å²) in [6.07, 6.45) is 1.90. The van der Waals surface area contributed by atoms with Crippen molar-refractivity contribution in [3.05, 3.63) is 35.5 Å². The standard InChI is InChI=1S/C10H13N5/c1-7-3-4-15(14-7)6-10-12-8(2)5-9(11)13-10/h3-5H,6H2,1-2H3,(H2,11,12,13). The summed E-state index contributed by atoms with van der Waals surface area (Å²) < 4.78 is 1.80. The van der Waals surface area contributed by atoms with Gasteiger partial charge in [-0.3, -0.25) is 4.68 Å². The molecule has 0 aromatic carbocycles. The highest BCUT2D eigenvalue weighted by atomic mass is 15.3. The average molecular weight is 203 g/mol. The summed E-state index contributed by atoms with van der Waals surface area (Å²) in [6, 6.07) is 3.69. The van der Waals surface area contributed by atoms with Gasteiger partial charge in [-0.1, -0.05) is 0 Å². The van der Waals surface area contributed by atoms with E-state index in [0.717, 1.165) is 11.4 Å². The van der Waals surface area contributed by atoms with Crippen molar-refractivity contribution in [2.24, 2.45) is 0 Å². The lowest BCUT2D eigenvalue weighted by atomic mass is 10.4. The molecule has 78 valence electrons. The van der Waals surface area contributed by atoms with Crippen LogP contribution in [0.25, 0.3) is 0 Å². The van der Waals surface area contributed by atoms with Crippen molar-refractivity contribution < 1.29 is 0 Å². The molecular formula is C10H13N5. The fourth-order valence-corrected chi connectivity index (χ4v) is 1.42. The Kier molecular flexibility index (Phi) is 2.37. The van der Waals surface area contributed by atoms with Crippen molar-refractivity contribution >= 4 is 5.82 Å². The molecule has 0 fully saturated rings. The van der Waals surface area contributed by atoms with Gasteiger partial charge in [0.1, 0.15) is 12.4 Å². The van der Waals surface area contributed by atoms with Gasteiger partial charge in [0.15, 0.2) is 5.82 Å². The van der Waals surface area contributed by atoms with E-state index in [1.807, 2.05) is 26.1 Å². The molecule has 0 radical (unpaired) electrons. The Labute approximate surface area is 88.0 Å². The summed E-state index contributed by atoms with van der Waals surface area (Å²) in [5.74, 6) is 1.19. The number of nitrogen functional groups attached to an aromatic ring is 1. The number of hydrogen-bond donors (Lipinski definition) is 1. The summed E-state index contributed by atoms with van der Waals surface area (Å²) in [5.41, 5.74) is 7.50. The molecule has 0 bridgehead atoms. The zero-order valence-electron chi connectivity index (χ0n) is 8.81. The quantitative estimate of drug-likeness (QED) is 0.788. The molecule has 2 rings (SSSR count).